The molecule has 0 spiro atoms. The molecule has 1 aromatic heterocycles. The molecule has 1 aliphatic carbocycles. The first-order valence-electron chi connectivity index (χ1n) is 9.27. The molecule has 0 fully saturated rings. The van der Waals surface area contributed by atoms with E-state index in [4.69, 9.17) is 4.42 Å². The lowest BCUT2D eigenvalue weighted by molar-refractivity contribution is 0.507. The Hall–Kier alpha value is -2.86. The van der Waals surface area contributed by atoms with Gasteiger partial charge in [0.05, 0.1) is 10.6 Å². The van der Waals surface area contributed by atoms with Crippen LogP contribution in [0.4, 0.5) is 10.1 Å². The van der Waals surface area contributed by atoms with Gasteiger partial charge in [-0.3, -0.25) is 4.72 Å². The number of hydrogen-bond acceptors (Lipinski definition) is 3. The number of fused-ring (bicyclic) bond motifs is 5. The summed E-state index contributed by atoms with van der Waals surface area (Å²) in [5.41, 5.74) is 2.49. The fraction of sp³-hybridized carbons (Fsp3) is 0.182. The van der Waals surface area contributed by atoms with Crippen molar-refractivity contribution in [1.82, 2.24) is 0 Å². The van der Waals surface area contributed by atoms with E-state index in [-0.39, 0.29) is 4.90 Å². The van der Waals surface area contributed by atoms with E-state index in [9.17, 15) is 12.8 Å². The Labute approximate surface area is 162 Å². The first-order valence-corrected chi connectivity index (χ1v) is 10.8. The maximum Gasteiger partial charge on any atom is 0.261 e. The van der Waals surface area contributed by atoms with E-state index in [1.165, 1.54) is 17.7 Å². The predicted molar refractivity (Wildman–Crippen MR) is 108 cm³/mol. The van der Waals surface area contributed by atoms with Gasteiger partial charge in [-0.05, 0) is 49.6 Å². The Bertz CT molecular complexity index is 1310. The third kappa shape index (κ3) is 2.76. The Morgan fingerprint density at radius 1 is 0.893 bits per heavy atom. The van der Waals surface area contributed by atoms with Gasteiger partial charge < -0.3 is 4.42 Å². The molecule has 0 saturated carbocycles. The molecule has 0 atom stereocenters. The highest BCUT2D eigenvalue weighted by atomic mass is 32.2. The van der Waals surface area contributed by atoms with E-state index in [2.05, 4.69) is 4.72 Å². The average Bonchev–Trinajstić information content (AvgIpc) is 3.07. The fourth-order valence-corrected chi connectivity index (χ4v) is 5.05. The molecule has 1 N–H and O–H groups in total. The maximum absolute atomic E-state index is 13.2. The highest BCUT2D eigenvalue weighted by Gasteiger charge is 2.22. The van der Waals surface area contributed by atoms with Crippen molar-refractivity contribution in [3.05, 3.63) is 71.7 Å². The molecule has 0 unspecified atom stereocenters. The third-order valence-corrected chi connectivity index (χ3v) is 6.71. The Balaban J connectivity index is 1.71. The number of hydrogen-bond donors (Lipinski definition) is 1. The molecular weight excluding hydrogens is 377 g/mol. The van der Waals surface area contributed by atoms with Crippen LogP contribution in [0.5, 0.6) is 0 Å². The average molecular weight is 395 g/mol. The highest BCUT2D eigenvalue weighted by molar-refractivity contribution is 7.92. The molecule has 0 aliphatic heterocycles. The highest BCUT2D eigenvalue weighted by Crippen LogP contribution is 2.39. The van der Waals surface area contributed by atoms with Crippen molar-refractivity contribution in [2.45, 2.75) is 30.6 Å². The number of halogens is 1. The summed E-state index contributed by atoms with van der Waals surface area (Å²) in [6, 6.07) is 14.3. The molecule has 142 valence electrons. The van der Waals surface area contributed by atoms with E-state index < -0.39 is 15.8 Å². The van der Waals surface area contributed by atoms with E-state index in [0.717, 1.165) is 65.3 Å². The second kappa shape index (κ2) is 6.34. The largest absolute Gasteiger partial charge is 0.460 e. The second-order valence-electron chi connectivity index (χ2n) is 7.12. The standard InChI is InChI=1S/C22H18FNO3S/c23-14-9-11-15(12-10-14)28(25,26)24-20-13-19-17-6-3-4-8-21(17)27-22(19)18-7-2-1-5-16(18)20/h1-2,5,7,9-13,24H,3-4,6,8H2. The molecule has 3 aromatic carbocycles. The molecule has 0 saturated heterocycles. The molecule has 0 radical (unpaired) electrons. The molecule has 4 aromatic rings. The summed E-state index contributed by atoms with van der Waals surface area (Å²) in [7, 11) is -3.84. The normalized spacial score (nSPS) is 14.3. The summed E-state index contributed by atoms with van der Waals surface area (Å²) in [6.45, 7) is 0. The molecule has 1 heterocycles. The van der Waals surface area contributed by atoms with Crippen molar-refractivity contribution < 1.29 is 17.2 Å². The third-order valence-electron chi connectivity index (χ3n) is 5.33. The Kier molecular flexibility index (Phi) is 3.91. The quantitative estimate of drug-likeness (QED) is 0.505. The summed E-state index contributed by atoms with van der Waals surface area (Å²) in [6.07, 6.45) is 4.06. The fourth-order valence-electron chi connectivity index (χ4n) is 3.98. The Morgan fingerprint density at radius 3 is 2.39 bits per heavy atom. The van der Waals surface area contributed by atoms with Crippen LogP contribution in [0, 0.1) is 5.82 Å². The van der Waals surface area contributed by atoms with Gasteiger partial charge in [0.1, 0.15) is 17.2 Å². The topological polar surface area (TPSA) is 59.3 Å². The van der Waals surface area contributed by atoms with Gasteiger partial charge in [0, 0.05) is 28.1 Å². The van der Waals surface area contributed by atoms with Crippen molar-refractivity contribution in [2.75, 3.05) is 4.72 Å². The van der Waals surface area contributed by atoms with Crippen LogP contribution in [-0.2, 0) is 22.9 Å². The first kappa shape index (κ1) is 17.3. The van der Waals surface area contributed by atoms with Gasteiger partial charge in [0.15, 0.2) is 0 Å². The summed E-state index contributed by atoms with van der Waals surface area (Å²) in [5.74, 6) is 0.529. The molecule has 4 nitrogen and oxygen atoms in total. The van der Waals surface area contributed by atoms with Gasteiger partial charge in [-0.1, -0.05) is 24.3 Å². The lowest BCUT2D eigenvalue weighted by Crippen LogP contribution is -2.13. The van der Waals surface area contributed by atoms with Crippen LogP contribution in [0.15, 0.2) is 63.9 Å². The number of rotatable bonds is 3. The van der Waals surface area contributed by atoms with Gasteiger partial charge in [0.25, 0.3) is 10.0 Å². The summed E-state index contributed by atoms with van der Waals surface area (Å²) in [4.78, 5) is 0.0206. The van der Waals surface area contributed by atoms with Crippen molar-refractivity contribution in [2.24, 2.45) is 0 Å². The SMILES string of the molecule is O=S(=O)(Nc1cc2c3c(oc2c2ccccc12)CCCC3)c1ccc(F)cc1. The van der Waals surface area contributed by atoms with Crippen molar-refractivity contribution in [3.8, 4) is 0 Å². The van der Waals surface area contributed by atoms with Gasteiger partial charge in [0.2, 0.25) is 0 Å². The van der Waals surface area contributed by atoms with Gasteiger partial charge in [-0.15, -0.1) is 0 Å². The molecule has 0 amide bonds. The molecule has 1 aliphatic rings. The van der Waals surface area contributed by atoms with Crippen LogP contribution in [0.25, 0.3) is 21.7 Å². The van der Waals surface area contributed by atoms with Gasteiger partial charge >= 0.3 is 0 Å². The number of sulfonamides is 1. The molecule has 0 bridgehead atoms. The van der Waals surface area contributed by atoms with Gasteiger partial charge in [-0.2, -0.15) is 0 Å². The van der Waals surface area contributed by atoms with Crippen molar-refractivity contribution >= 4 is 37.5 Å². The number of benzene rings is 3. The zero-order chi connectivity index (χ0) is 19.3. The van der Waals surface area contributed by atoms with Crippen LogP contribution in [0.1, 0.15) is 24.2 Å². The van der Waals surface area contributed by atoms with E-state index in [1.54, 1.807) is 0 Å². The monoisotopic (exact) mass is 395 g/mol. The molecule has 5 rings (SSSR count). The summed E-state index contributed by atoms with van der Waals surface area (Å²) >= 11 is 0. The zero-order valence-electron chi connectivity index (χ0n) is 15.0. The first-order chi connectivity index (χ1) is 13.5. The van der Waals surface area contributed by atoms with Crippen LogP contribution < -0.4 is 4.72 Å². The number of aryl methyl sites for hydroxylation is 2. The van der Waals surface area contributed by atoms with Crippen LogP contribution in [0.3, 0.4) is 0 Å². The number of anilines is 1. The maximum atomic E-state index is 13.2. The minimum Gasteiger partial charge on any atom is -0.460 e. The number of furan rings is 1. The van der Waals surface area contributed by atoms with E-state index in [0.29, 0.717) is 5.69 Å². The van der Waals surface area contributed by atoms with Crippen LogP contribution >= 0.6 is 0 Å². The van der Waals surface area contributed by atoms with Crippen molar-refractivity contribution in [3.63, 3.8) is 0 Å². The van der Waals surface area contributed by atoms with Gasteiger partial charge in [-0.25, -0.2) is 12.8 Å². The zero-order valence-corrected chi connectivity index (χ0v) is 15.9. The summed E-state index contributed by atoms with van der Waals surface area (Å²) < 4.78 is 47.8. The second-order valence-corrected chi connectivity index (χ2v) is 8.80. The summed E-state index contributed by atoms with van der Waals surface area (Å²) in [5, 5.41) is 2.61. The van der Waals surface area contributed by atoms with E-state index >= 15 is 0 Å². The number of nitrogens with one attached hydrogen (secondary N) is 1. The minimum absolute atomic E-state index is 0.0206. The van der Waals surface area contributed by atoms with Crippen LogP contribution in [-0.4, -0.2) is 8.42 Å². The molecule has 28 heavy (non-hydrogen) atoms. The lowest BCUT2D eigenvalue weighted by Gasteiger charge is -2.12. The molecular formula is C22H18FNO3S. The lowest BCUT2D eigenvalue weighted by atomic mass is 9.94. The Morgan fingerprint density at radius 2 is 1.61 bits per heavy atom. The smallest absolute Gasteiger partial charge is 0.261 e. The van der Waals surface area contributed by atoms with Crippen molar-refractivity contribution in [1.29, 1.82) is 0 Å². The molecule has 6 heteroatoms. The predicted octanol–water partition coefficient (Wildman–Crippen LogP) is 5.40. The van der Waals surface area contributed by atoms with E-state index in [1.807, 2.05) is 30.3 Å². The minimum atomic E-state index is -3.84. The van der Waals surface area contributed by atoms with Crippen LogP contribution in [0.2, 0.25) is 0 Å².